The van der Waals surface area contributed by atoms with Crippen molar-refractivity contribution in [2.24, 2.45) is 0 Å². The average molecular weight is 460 g/mol. The van der Waals surface area contributed by atoms with Crippen LogP contribution in [0.3, 0.4) is 0 Å². The number of amides is 2. The van der Waals surface area contributed by atoms with Gasteiger partial charge < -0.3 is 15.4 Å². The van der Waals surface area contributed by atoms with Crippen LogP contribution in [0, 0.1) is 0 Å². The highest BCUT2D eigenvalue weighted by Gasteiger charge is 2.27. The minimum atomic E-state index is -0.103. The van der Waals surface area contributed by atoms with E-state index in [4.69, 9.17) is 4.74 Å². The van der Waals surface area contributed by atoms with Crippen LogP contribution in [0.1, 0.15) is 22.0 Å². The number of carbonyl (C=O) groups is 2. The first kappa shape index (κ1) is 23.4. The van der Waals surface area contributed by atoms with Crippen LogP contribution in [0.25, 0.3) is 0 Å². The second-order valence-electron chi connectivity index (χ2n) is 8.30. The van der Waals surface area contributed by atoms with E-state index in [1.54, 1.807) is 19.4 Å². The Labute approximate surface area is 199 Å². The van der Waals surface area contributed by atoms with Gasteiger partial charge in [0.2, 0.25) is 5.91 Å². The SMILES string of the molecule is CNC(=O)c1cccc(C2CN(CC(=O)Nc3ccc(Oc4cccnc4)cc3)CCN2C)c1. The van der Waals surface area contributed by atoms with E-state index in [1.807, 2.05) is 60.7 Å². The topological polar surface area (TPSA) is 86.8 Å². The molecule has 1 saturated heterocycles. The van der Waals surface area contributed by atoms with Crippen molar-refractivity contribution in [3.63, 3.8) is 0 Å². The number of aromatic nitrogens is 1. The Morgan fingerprint density at radius 3 is 2.62 bits per heavy atom. The van der Waals surface area contributed by atoms with Gasteiger partial charge in [-0.1, -0.05) is 12.1 Å². The lowest BCUT2D eigenvalue weighted by molar-refractivity contribution is -0.118. The molecule has 0 aliphatic carbocycles. The van der Waals surface area contributed by atoms with Gasteiger partial charge in [0, 0.05) is 50.2 Å². The number of pyridine rings is 1. The van der Waals surface area contributed by atoms with Gasteiger partial charge in [0.05, 0.1) is 12.7 Å². The summed E-state index contributed by atoms with van der Waals surface area (Å²) in [4.78, 5) is 33.2. The maximum absolute atomic E-state index is 12.7. The van der Waals surface area contributed by atoms with E-state index in [2.05, 4.69) is 32.5 Å². The maximum atomic E-state index is 12.7. The highest BCUT2D eigenvalue weighted by atomic mass is 16.5. The number of carbonyl (C=O) groups excluding carboxylic acids is 2. The highest BCUT2D eigenvalue weighted by molar-refractivity contribution is 5.94. The molecule has 2 amide bonds. The molecule has 1 unspecified atom stereocenters. The lowest BCUT2D eigenvalue weighted by Crippen LogP contribution is -2.48. The molecule has 1 fully saturated rings. The lowest BCUT2D eigenvalue weighted by Gasteiger charge is -2.39. The molecule has 8 nitrogen and oxygen atoms in total. The van der Waals surface area contributed by atoms with Crippen molar-refractivity contribution in [2.75, 3.05) is 45.6 Å². The first-order chi connectivity index (χ1) is 16.5. The third-order valence-electron chi connectivity index (χ3n) is 5.87. The fraction of sp³-hybridized carbons (Fsp3) is 0.269. The minimum Gasteiger partial charge on any atom is -0.456 e. The molecule has 0 spiro atoms. The Bertz CT molecular complexity index is 1120. The summed E-state index contributed by atoms with van der Waals surface area (Å²) in [5.41, 5.74) is 2.42. The summed E-state index contributed by atoms with van der Waals surface area (Å²) in [7, 11) is 3.70. The molecule has 4 rings (SSSR count). The molecule has 0 radical (unpaired) electrons. The van der Waals surface area contributed by atoms with E-state index in [9.17, 15) is 9.59 Å². The van der Waals surface area contributed by atoms with E-state index >= 15 is 0 Å². The van der Waals surface area contributed by atoms with Gasteiger partial charge in [0.1, 0.15) is 11.5 Å². The first-order valence-corrected chi connectivity index (χ1v) is 11.2. The smallest absolute Gasteiger partial charge is 0.251 e. The number of hydrogen-bond acceptors (Lipinski definition) is 6. The zero-order valence-electron chi connectivity index (χ0n) is 19.4. The summed E-state index contributed by atoms with van der Waals surface area (Å²) in [6.07, 6.45) is 3.34. The molecule has 1 aliphatic heterocycles. The number of ether oxygens (including phenoxy) is 1. The first-order valence-electron chi connectivity index (χ1n) is 11.2. The summed E-state index contributed by atoms with van der Waals surface area (Å²) in [6.45, 7) is 2.64. The van der Waals surface area contributed by atoms with Crippen molar-refractivity contribution in [1.82, 2.24) is 20.1 Å². The summed E-state index contributed by atoms with van der Waals surface area (Å²) < 4.78 is 5.74. The number of anilines is 1. The lowest BCUT2D eigenvalue weighted by atomic mass is 10.00. The summed E-state index contributed by atoms with van der Waals surface area (Å²) >= 11 is 0. The van der Waals surface area contributed by atoms with Gasteiger partial charge in [-0.05, 0) is 61.1 Å². The Hall–Kier alpha value is -3.75. The number of piperazine rings is 1. The van der Waals surface area contributed by atoms with E-state index in [0.717, 1.165) is 18.7 Å². The van der Waals surface area contributed by atoms with Crippen LogP contribution < -0.4 is 15.4 Å². The van der Waals surface area contributed by atoms with E-state index in [1.165, 1.54) is 0 Å². The molecular weight excluding hydrogens is 430 g/mol. The van der Waals surface area contributed by atoms with Crippen molar-refractivity contribution in [3.05, 3.63) is 84.2 Å². The van der Waals surface area contributed by atoms with Gasteiger partial charge in [-0.25, -0.2) is 0 Å². The molecule has 0 bridgehead atoms. The zero-order chi connectivity index (χ0) is 23.9. The Balaban J connectivity index is 1.33. The van der Waals surface area contributed by atoms with Crippen LogP contribution in [0.4, 0.5) is 5.69 Å². The third kappa shape index (κ3) is 5.98. The average Bonchev–Trinajstić information content (AvgIpc) is 2.86. The van der Waals surface area contributed by atoms with Crippen LogP contribution in [-0.2, 0) is 4.79 Å². The molecule has 1 atom stereocenters. The van der Waals surface area contributed by atoms with Crippen molar-refractivity contribution < 1.29 is 14.3 Å². The minimum absolute atomic E-state index is 0.0663. The van der Waals surface area contributed by atoms with Gasteiger partial charge in [0.15, 0.2) is 0 Å². The van der Waals surface area contributed by atoms with Crippen molar-refractivity contribution >= 4 is 17.5 Å². The van der Waals surface area contributed by atoms with Crippen LogP contribution in [0.2, 0.25) is 0 Å². The zero-order valence-corrected chi connectivity index (χ0v) is 19.4. The molecule has 2 aromatic carbocycles. The highest BCUT2D eigenvalue weighted by Crippen LogP contribution is 2.25. The molecule has 1 aliphatic rings. The van der Waals surface area contributed by atoms with E-state index in [0.29, 0.717) is 35.8 Å². The van der Waals surface area contributed by atoms with E-state index < -0.39 is 0 Å². The maximum Gasteiger partial charge on any atom is 0.251 e. The summed E-state index contributed by atoms with van der Waals surface area (Å²) in [6, 6.07) is 18.7. The van der Waals surface area contributed by atoms with Crippen LogP contribution in [0.15, 0.2) is 73.1 Å². The third-order valence-corrected chi connectivity index (χ3v) is 5.87. The second-order valence-corrected chi connectivity index (χ2v) is 8.30. The van der Waals surface area contributed by atoms with Crippen LogP contribution in [0.5, 0.6) is 11.5 Å². The van der Waals surface area contributed by atoms with Gasteiger partial charge in [0.25, 0.3) is 5.91 Å². The number of nitrogens with zero attached hydrogens (tertiary/aromatic N) is 3. The van der Waals surface area contributed by atoms with Crippen molar-refractivity contribution in [1.29, 1.82) is 0 Å². The predicted octanol–water partition coefficient (Wildman–Crippen LogP) is 3.16. The molecule has 0 saturated carbocycles. The molecular formula is C26H29N5O3. The monoisotopic (exact) mass is 459 g/mol. The normalized spacial score (nSPS) is 16.6. The Kier molecular flexibility index (Phi) is 7.51. The quantitative estimate of drug-likeness (QED) is 0.565. The van der Waals surface area contributed by atoms with Crippen LogP contribution >= 0.6 is 0 Å². The van der Waals surface area contributed by atoms with Crippen molar-refractivity contribution in [3.8, 4) is 11.5 Å². The van der Waals surface area contributed by atoms with Crippen LogP contribution in [-0.4, -0.2) is 66.9 Å². The summed E-state index contributed by atoms with van der Waals surface area (Å²) in [5, 5.41) is 5.63. The van der Waals surface area contributed by atoms with Gasteiger partial charge >= 0.3 is 0 Å². The molecule has 1 aromatic heterocycles. The van der Waals surface area contributed by atoms with Crippen molar-refractivity contribution in [2.45, 2.75) is 6.04 Å². The fourth-order valence-electron chi connectivity index (χ4n) is 4.02. The molecule has 2 heterocycles. The predicted molar refractivity (Wildman–Crippen MR) is 131 cm³/mol. The molecule has 34 heavy (non-hydrogen) atoms. The van der Waals surface area contributed by atoms with Gasteiger partial charge in [-0.3, -0.25) is 24.4 Å². The molecule has 176 valence electrons. The number of benzene rings is 2. The number of hydrogen-bond donors (Lipinski definition) is 2. The molecule has 2 N–H and O–H groups in total. The second kappa shape index (κ2) is 10.9. The Morgan fingerprint density at radius 1 is 1.06 bits per heavy atom. The number of likely N-dealkylation sites (N-methyl/N-ethyl adjacent to an activating group) is 1. The fourth-order valence-corrected chi connectivity index (χ4v) is 4.02. The number of nitrogens with one attached hydrogen (secondary N) is 2. The van der Waals surface area contributed by atoms with E-state index in [-0.39, 0.29) is 17.9 Å². The van der Waals surface area contributed by atoms with Gasteiger partial charge in [-0.2, -0.15) is 0 Å². The van der Waals surface area contributed by atoms with Gasteiger partial charge in [-0.15, -0.1) is 0 Å². The number of rotatable bonds is 7. The Morgan fingerprint density at radius 2 is 1.88 bits per heavy atom. The largest absolute Gasteiger partial charge is 0.456 e. The molecule has 8 heteroatoms. The molecule has 3 aromatic rings. The summed E-state index contributed by atoms with van der Waals surface area (Å²) in [5.74, 6) is 1.16. The standard InChI is InChI=1S/C26H29N5O3/c1-27-26(33)20-6-3-5-19(15-20)24-17-31(14-13-30(24)2)18-25(32)29-21-8-10-22(11-9-21)34-23-7-4-12-28-16-23/h3-12,15-16,24H,13-14,17-18H2,1-2H3,(H,27,33)(H,29,32).